The molecule has 0 aliphatic rings. The fourth-order valence-corrected chi connectivity index (χ4v) is 4.39. The first kappa shape index (κ1) is 16.9. The molecule has 0 saturated heterocycles. The zero-order valence-corrected chi connectivity index (χ0v) is 15.6. The van der Waals surface area contributed by atoms with E-state index in [1.165, 1.54) is 23.5 Å². The van der Waals surface area contributed by atoms with Crippen LogP contribution in [0.4, 0.5) is 4.39 Å². The van der Waals surface area contributed by atoms with Crippen LogP contribution in [0.2, 0.25) is 0 Å². The first-order valence-corrected chi connectivity index (χ1v) is 9.90. The number of aromatic nitrogens is 2. The summed E-state index contributed by atoms with van der Waals surface area (Å²) < 4.78 is 15.0. The first-order chi connectivity index (χ1) is 12.6. The lowest BCUT2D eigenvalue weighted by molar-refractivity contribution is -0.121. The van der Waals surface area contributed by atoms with E-state index in [4.69, 9.17) is 0 Å². The minimum Gasteiger partial charge on any atom is -0.348 e. The molecule has 0 radical (unpaired) electrons. The van der Waals surface area contributed by atoms with Crippen molar-refractivity contribution in [3.63, 3.8) is 0 Å². The Morgan fingerprint density at radius 1 is 1.27 bits per heavy atom. The SMILES string of the molecule is CC(NC(=O)Cc1csc2nc(-c3ccc(F)cc3)cn12)c1cccs1. The maximum absolute atomic E-state index is 13.1. The molecule has 1 N–H and O–H groups in total. The molecule has 4 aromatic rings. The molecule has 4 rings (SSSR count). The van der Waals surface area contributed by atoms with E-state index in [0.717, 1.165) is 26.8 Å². The van der Waals surface area contributed by atoms with Crippen LogP contribution in [-0.2, 0) is 11.2 Å². The number of thiophene rings is 1. The van der Waals surface area contributed by atoms with Gasteiger partial charge in [-0.2, -0.15) is 0 Å². The average molecular weight is 385 g/mol. The Labute approximate surface area is 158 Å². The van der Waals surface area contributed by atoms with E-state index in [-0.39, 0.29) is 24.2 Å². The van der Waals surface area contributed by atoms with Crippen molar-refractivity contribution in [1.29, 1.82) is 0 Å². The number of rotatable bonds is 5. The molecular weight excluding hydrogens is 369 g/mol. The van der Waals surface area contributed by atoms with Crippen LogP contribution in [0.25, 0.3) is 16.2 Å². The van der Waals surface area contributed by atoms with Gasteiger partial charge in [-0.3, -0.25) is 9.20 Å². The topological polar surface area (TPSA) is 46.4 Å². The summed E-state index contributed by atoms with van der Waals surface area (Å²) in [5.41, 5.74) is 2.51. The minimum atomic E-state index is -0.271. The quantitative estimate of drug-likeness (QED) is 0.542. The normalized spacial score (nSPS) is 12.4. The Balaban J connectivity index is 1.51. The maximum Gasteiger partial charge on any atom is 0.226 e. The smallest absolute Gasteiger partial charge is 0.226 e. The van der Waals surface area contributed by atoms with Crippen LogP contribution in [0.5, 0.6) is 0 Å². The number of amides is 1. The number of hydrogen-bond donors (Lipinski definition) is 1. The van der Waals surface area contributed by atoms with Crippen LogP contribution < -0.4 is 5.32 Å². The molecule has 0 spiro atoms. The Morgan fingerprint density at radius 3 is 2.81 bits per heavy atom. The predicted molar refractivity (Wildman–Crippen MR) is 103 cm³/mol. The molecule has 0 fully saturated rings. The number of carbonyl (C=O) groups excluding carboxylic acids is 1. The van der Waals surface area contributed by atoms with E-state index in [2.05, 4.69) is 10.3 Å². The molecule has 1 atom stereocenters. The first-order valence-electron chi connectivity index (χ1n) is 8.14. The third kappa shape index (κ3) is 3.40. The molecule has 0 saturated carbocycles. The average Bonchev–Trinajstić information content (AvgIpc) is 3.33. The molecule has 7 heteroatoms. The lowest BCUT2D eigenvalue weighted by atomic mass is 10.2. The van der Waals surface area contributed by atoms with Crippen molar-refractivity contribution in [2.75, 3.05) is 0 Å². The molecule has 3 heterocycles. The van der Waals surface area contributed by atoms with Crippen LogP contribution in [0, 0.1) is 5.82 Å². The Morgan fingerprint density at radius 2 is 2.08 bits per heavy atom. The summed E-state index contributed by atoms with van der Waals surface area (Å²) in [6, 6.07) is 10.2. The summed E-state index contributed by atoms with van der Waals surface area (Å²) in [7, 11) is 0. The molecule has 0 aliphatic carbocycles. The largest absolute Gasteiger partial charge is 0.348 e. The highest BCUT2D eigenvalue weighted by molar-refractivity contribution is 7.15. The van der Waals surface area contributed by atoms with Crippen molar-refractivity contribution in [3.8, 4) is 11.3 Å². The number of hydrogen-bond acceptors (Lipinski definition) is 4. The van der Waals surface area contributed by atoms with Gasteiger partial charge in [0.25, 0.3) is 0 Å². The molecule has 26 heavy (non-hydrogen) atoms. The number of halogens is 1. The van der Waals surface area contributed by atoms with Gasteiger partial charge in [-0.15, -0.1) is 22.7 Å². The minimum absolute atomic E-state index is 0.00538. The van der Waals surface area contributed by atoms with Crippen LogP contribution >= 0.6 is 22.7 Å². The highest BCUT2D eigenvalue weighted by Gasteiger charge is 2.15. The van der Waals surface area contributed by atoms with Gasteiger partial charge >= 0.3 is 0 Å². The summed E-state index contributed by atoms with van der Waals surface area (Å²) in [5.74, 6) is -0.297. The highest BCUT2D eigenvalue weighted by Crippen LogP contribution is 2.24. The van der Waals surface area contributed by atoms with E-state index in [1.807, 2.05) is 40.4 Å². The fraction of sp³-hybridized carbons (Fsp3) is 0.158. The predicted octanol–water partition coefficient (Wildman–Crippen LogP) is 4.68. The van der Waals surface area contributed by atoms with Crippen molar-refractivity contribution >= 4 is 33.5 Å². The van der Waals surface area contributed by atoms with Crippen LogP contribution in [-0.4, -0.2) is 15.3 Å². The fourth-order valence-electron chi connectivity index (χ4n) is 2.78. The van der Waals surface area contributed by atoms with Crippen molar-refractivity contribution < 1.29 is 9.18 Å². The Bertz CT molecular complexity index is 1030. The summed E-state index contributed by atoms with van der Waals surface area (Å²) >= 11 is 3.12. The van der Waals surface area contributed by atoms with Gasteiger partial charge in [-0.05, 0) is 42.6 Å². The zero-order valence-electron chi connectivity index (χ0n) is 14.0. The monoisotopic (exact) mass is 385 g/mol. The second-order valence-corrected chi connectivity index (χ2v) is 7.81. The number of nitrogens with one attached hydrogen (secondary N) is 1. The lowest BCUT2D eigenvalue weighted by Gasteiger charge is -2.11. The van der Waals surface area contributed by atoms with Crippen molar-refractivity contribution in [2.45, 2.75) is 19.4 Å². The molecule has 0 aliphatic heterocycles. The Hall–Kier alpha value is -2.51. The molecule has 4 nitrogen and oxygen atoms in total. The van der Waals surface area contributed by atoms with Gasteiger partial charge in [0.15, 0.2) is 4.96 Å². The van der Waals surface area contributed by atoms with Gasteiger partial charge in [0, 0.05) is 27.7 Å². The second kappa shape index (κ2) is 7.01. The van der Waals surface area contributed by atoms with Crippen molar-refractivity contribution in [3.05, 3.63) is 69.7 Å². The molecule has 1 unspecified atom stereocenters. The summed E-state index contributed by atoms with van der Waals surface area (Å²) in [6.07, 6.45) is 2.18. The number of benzene rings is 1. The highest BCUT2D eigenvalue weighted by atomic mass is 32.1. The van der Waals surface area contributed by atoms with Crippen molar-refractivity contribution in [2.24, 2.45) is 0 Å². The summed E-state index contributed by atoms with van der Waals surface area (Å²) in [4.78, 5) is 18.9. The Kier molecular flexibility index (Phi) is 4.57. The lowest BCUT2D eigenvalue weighted by Crippen LogP contribution is -2.27. The van der Waals surface area contributed by atoms with E-state index in [0.29, 0.717) is 0 Å². The van der Waals surface area contributed by atoms with Gasteiger partial charge < -0.3 is 5.32 Å². The summed E-state index contributed by atoms with van der Waals surface area (Å²) in [6.45, 7) is 1.98. The van der Waals surface area contributed by atoms with Gasteiger partial charge in [-0.1, -0.05) is 6.07 Å². The van der Waals surface area contributed by atoms with E-state index < -0.39 is 0 Å². The number of carbonyl (C=O) groups is 1. The van der Waals surface area contributed by atoms with Gasteiger partial charge in [0.05, 0.1) is 18.2 Å². The third-order valence-electron chi connectivity index (χ3n) is 4.11. The molecule has 3 aromatic heterocycles. The number of fused-ring (bicyclic) bond motifs is 1. The van der Waals surface area contributed by atoms with E-state index >= 15 is 0 Å². The molecule has 1 amide bonds. The van der Waals surface area contributed by atoms with Gasteiger partial charge in [0.1, 0.15) is 5.82 Å². The van der Waals surface area contributed by atoms with Crippen LogP contribution in [0.15, 0.2) is 53.4 Å². The number of nitrogens with zero attached hydrogens (tertiary/aromatic N) is 2. The van der Waals surface area contributed by atoms with Crippen LogP contribution in [0.3, 0.4) is 0 Å². The third-order valence-corrected chi connectivity index (χ3v) is 6.06. The molecule has 0 bridgehead atoms. The molecular formula is C19H16FN3OS2. The van der Waals surface area contributed by atoms with Crippen LogP contribution in [0.1, 0.15) is 23.5 Å². The maximum atomic E-state index is 13.1. The second-order valence-electron chi connectivity index (χ2n) is 5.99. The van der Waals surface area contributed by atoms with E-state index in [9.17, 15) is 9.18 Å². The molecule has 1 aromatic carbocycles. The number of imidazole rings is 1. The standard InChI is InChI=1S/C19H16FN3OS2/c1-12(17-3-2-8-25-17)21-18(24)9-15-11-26-19-22-16(10-23(15)19)13-4-6-14(20)7-5-13/h2-8,10-12H,9H2,1H3,(H,21,24). The van der Waals surface area contributed by atoms with Gasteiger partial charge in [0.2, 0.25) is 5.91 Å². The number of thiazole rings is 1. The van der Waals surface area contributed by atoms with Crippen molar-refractivity contribution in [1.82, 2.24) is 14.7 Å². The summed E-state index contributed by atoms with van der Waals surface area (Å²) in [5, 5.41) is 6.98. The van der Waals surface area contributed by atoms with Gasteiger partial charge in [-0.25, -0.2) is 9.37 Å². The van der Waals surface area contributed by atoms with E-state index in [1.54, 1.807) is 23.5 Å². The molecule has 132 valence electrons. The zero-order chi connectivity index (χ0) is 18.1.